The Kier molecular flexibility index (Phi) is 5.53. The zero-order valence-electron chi connectivity index (χ0n) is 15.1. The van der Waals surface area contributed by atoms with Crippen LogP contribution in [0.15, 0.2) is 30.3 Å². The molecule has 26 heavy (non-hydrogen) atoms. The molecule has 0 aromatic heterocycles. The third-order valence-corrected chi connectivity index (χ3v) is 14.4. The van der Waals surface area contributed by atoms with Gasteiger partial charge < -0.3 is 0 Å². The second-order valence-corrected chi connectivity index (χ2v) is 15.3. The standard InChI is InChI=1S/C18H21F3IO3S/c1-11-6-12(2)8-16(7-11)22(21,18(19,20)26(23,24)25)17-9-13(3)15(5)14(4)10-17/h6-10H,1-5H3,(H,23,24,25)/q-1. The van der Waals surface area contributed by atoms with Crippen molar-refractivity contribution in [2.24, 2.45) is 0 Å². The van der Waals surface area contributed by atoms with Crippen LogP contribution in [-0.2, 0) is 10.1 Å². The van der Waals surface area contributed by atoms with Crippen LogP contribution in [0.2, 0.25) is 0 Å². The fraction of sp³-hybridized carbons (Fsp3) is 0.333. The summed E-state index contributed by atoms with van der Waals surface area (Å²) in [6.45, 7) is 8.32. The molecule has 3 nitrogen and oxygen atoms in total. The Bertz CT molecular complexity index is 930. The molecule has 0 saturated carbocycles. The van der Waals surface area contributed by atoms with Gasteiger partial charge in [0.2, 0.25) is 0 Å². The molecule has 0 bridgehead atoms. The van der Waals surface area contributed by atoms with Crippen molar-refractivity contribution in [3.05, 3.63) is 65.3 Å². The molecule has 2 aromatic rings. The minimum absolute atomic E-state index is 0.342. The monoisotopic (exact) mass is 501 g/mol. The van der Waals surface area contributed by atoms with Gasteiger partial charge in [0, 0.05) is 0 Å². The van der Waals surface area contributed by atoms with Gasteiger partial charge in [-0.15, -0.1) is 0 Å². The van der Waals surface area contributed by atoms with Crippen molar-refractivity contribution in [1.29, 1.82) is 0 Å². The summed E-state index contributed by atoms with van der Waals surface area (Å²) >= 11 is -6.26. The van der Waals surface area contributed by atoms with Crippen molar-refractivity contribution in [2.75, 3.05) is 0 Å². The maximum absolute atomic E-state index is 16.3. The molecule has 0 aliphatic carbocycles. The molecule has 0 spiro atoms. The van der Waals surface area contributed by atoms with Crippen molar-refractivity contribution in [3.63, 3.8) is 0 Å². The molecule has 8 heteroatoms. The molecular weight excluding hydrogens is 480 g/mol. The molecule has 2 aromatic carbocycles. The molecule has 0 saturated heterocycles. The SMILES string of the molecule is Cc1cc(C)cc([I-](F)(c2cc(C)c(C)c(C)c2)C(F)(F)S(=O)(=O)O)c1. The van der Waals surface area contributed by atoms with Crippen molar-refractivity contribution in [3.8, 4) is 0 Å². The van der Waals surface area contributed by atoms with Crippen LogP contribution in [-0.4, -0.2) is 16.2 Å². The number of hydrogen-bond acceptors (Lipinski definition) is 2. The molecule has 0 radical (unpaired) electrons. The fourth-order valence-corrected chi connectivity index (χ4v) is 12.3. The van der Waals surface area contributed by atoms with Crippen molar-refractivity contribution in [2.45, 2.75) is 37.9 Å². The first-order chi connectivity index (χ1) is 11.7. The molecule has 1 atom stereocenters. The second-order valence-electron chi connectivity index (χ2n) is 6.39. The zero-order valence-corrected chi connectivity index (χ0v) is 18.0. The Morgan fingerprint density at radius 1 is 0.846 bits per heavy atom. The van der Waals surface area contributed by atoms with Crippen LogP contribution >= 0.6 is 0 Å². The van der Waals surface area contributed by atoms with Crippen molar-refractivity contribution < 1.29 is 43.6 Å². The number of rotatable bonds is 4. The number of benzene rings is 2. The molecule has 0 fully saturated rings. The molecule has 0 aliphatic rings. The van der Waals surface area contributed by atoms with E-state index in [2.05, 4.69) is 0 Å². The molecule has 0 heterocycles. The van der Waals surface area contributed by atoms with E-state index < -0.39 is 32.4 Å². The number of aryl methyl sites for hydroxylation is 4. The van der Waals surface area contributed by atoms with E-state index in [0.29, 0.717) is 22.3 Å². The molecule has 1 N–H and O–H groups in total. The summed E-state index contributed by atoms with van der Waals surface area (Å²) in [5.41, 5.74) is 3.06. The van der Waals surface area contributed by atoms with Gasteiger partial charge in [-0.25, -0.2) is 0 Å². The molecule has 1 unspecified atom stereocenters. The zero-order chi connectivity index (χ0) is 20.1. The second kappa shape index (κ2) is 6.79. The predicted molar refractivity (Wildman–Crippen MR) is 91.6 cm³/mol. The van der Waals surface area contributed by atoms with E-state index in [4.69, 9.17) is 4.55 Å². The van der Waals surface area contributed by atoms with Gasteiger partial charge in [-0.3, -0.25) is 0 Å². The molecule has 0 amide bonds. The van der Waals surface area contributed by atoms with Crippen LogP contribution in [0.25, 0.3) is 0 Å². The van der Waals surface area contributed by atoms with Gasteiger partial charge in [-0.1, -0.05) is 0 Å². The number of halogens is 4. The summed E-state index contributed by atoms with van der Waals surface area (Å²) in [5.74, 6) is 0. The molecule has 0 aliphatic heterocycles. The van der Waals surface area contributed by atoms with Gasteiger partial charge in [0.25, 0.3) is 0 Å². The normalized spacial score (nSPS) is 16.2. The summed E-state index contributed by atoms with van der Waals surface area (Å²) < 4.78 is 72.5. The van der Waals surface area contributed by atoms with Crippen LogP contribution in [0.1, 0.15) is 27.8 Å². The third-order valence-electron chi connectivity index (χ3n) is 4.28. The van der Waals surface area contributed by atoms with Crippen molar-refractivity contribution in [1.82, 2.24) is 0 Å². The number of hydrogen-bond donors (Lipinski definition) is 1. The average Bonchev–Trinajstić information content (AvgIpc) is 2.48. The topological polar surface area (TPSA) is 54.4 Å². The van der Waals surface area contributed by atoms with E-state index in [1.807, 2.05) is 0 Å². The van der Waals surface area contributed by atoms with Crippen LogP contribution in [0, 0.1) is 41.8 Å². The quantitative estimate of drug-likeness (QED) is 0.395. The van der Waals surface area contributed by atoms with Crippen molar-refractivity contribution >= 4 is 10.1 Å². The van der Waals surface area contributed by atoms with E-state index in [0.717, 1.165) is 5.56 Å². The van der Waals surface area contributed by atoms with Gasteiger partial charge >= 0.3 is 157 Å². The molecule has 146 valence electrons. The Labute approximate surface area is 156 Å². The van der Waals surface area contributed by atoms with Gasteiger partial charge in [0.05, 0.1) is 0 Å². The van der Waals surface area contributed by atoms with Gasteiger partial charge in [-0.2, -0.15) is 0 Å². The van der Waals surface area contributed by atoms with E-state index >= 15 is 2.86 Å². The summed E-state index contributed by atoms with van der Waals surface area (Å²) in [4.78, 5) is 0. The first kappa shape index (κ1) is 21.2. The molecule has 2 rings (SSSR count). The number of alkyl halides is 3. The summed E-state index contributed by atoms with van der Waals surface area (Å²) in [6.07, 6.45) is 0. The Hall–Kier alpha value is -1.13. The van der Waals surface area contributed by atoms with Crippen LogP contribution in [0.3, 0.4) is 0 Å². The Balaban J connectivity index is 2.96. The minimum atomic E-state index is -6.26. The first-order valence-corrected chi connectivity index (χ1v) is 13.2. The first-order valence-electron chi connectivity index (χ1n) is 7.69. The fourth-order valence-electron chi connectivity index (χ4n) is 2.72. The summed E-state index contributed by atoms with van der Waals surface area (Å²) in [7, 11) is -5.95. The Morgan fingerprint density at radius 3 is 1.62 bits per heavy atom. The van der Waals surface area contributed by atoms with E-state index in [1.165, 1.54) is 24.3 Å². The summed E-state index contributed by atoms with van der Waals surface area (Å²) in [5, 5.41) is 0. The van der Waals surface area contributed by atoms with Gasteiger partial charge in [0.1, 0.15) is 0 Å². The predicted octanol–water partition coefficient (Wildman–Crippen LogP) is 1.75. The van der Waals surface area contributed by atoms with Gasteiger partial charge in [0.15, 0.2) is 0 Å². The van der Waals surface area contributed by atoms with Crippen LogP contribution in [0.4, 0.5) is 11.6 Å². The summed E-state index contributed by atoms with van der Waals surface area (Å²) in [6, 6.07) is 6.72. The average molecular weight is 501 g/mol. The van der Waals surface area contributed by atoms with Gasteiger partial charge in [-0.05, 0) is 0 Å². The van der Waals surface area contributed by atoms with Crippen LogP contribution < -0.4 is 19.0 Å². The van der Waals surface area contributed by atoms with E-state index in [-0.39, 0.29) is 7.14 Å². The Morgan fingerprint density at radius 2 is 1.23 bits per heavy atom. The van der Waals surface area contributed by atoms with E-state index in [1.54, 1.807) is 40.7 Å². The van der Waals surface area contributed by atoms with E-state index in [9.17, 15) is 17.2 Å². The van der Waals surface area contributed by atoms with Crippen LogP contribution in [0.5, 0.6) is 0 Å². The molecular formula is C18H21F3IO3S-. The third kappa shape index (κ3) is 3.38. The maximum atomic E-state index is 16.3.